The van der Waals surface area contributed by atoms with Gasteiger partial charge in [0, 0.05) is 36.4 Å². The Hall–Kier alpha value is -4.86. The largest absolute Gasteiger partial charge is 0.507 e. The number of aliphatic hydroxyl groups is 1. The molecule has 4 rings (SSSR count). The smallest absolute Gasteiger partial charge is 0.295 e. The van der Waals surface area contributed by atoms with Crippen LogP contribution in [0.25, 0.3) is 5.76 Å². The number of nitro groups is 2. The summed E-state index contributed by atoms with van der Waals surface area (Å²) in [5.74, 6) is -2.35. The average Bonchev–Trinajstić information content (AvgIpc) is 3.09. The van der Waals surface area contributed by atoms with Crippen LogP contribution < -0.4 is 0 Å². The van der Waals surface area contributed by atoms with E-state index in [0.29, 0.717) is 0 Å². The number of Topliss-reactive ketones (excluding diaryl/α,β-unsaturated/α-hetero) is 1. The van der Waals surface area contributed by atoms with Crippen molar-refractivity contribution in [2.45, 2.75) is 12.6 Å². The van der Waals surface area contributed by atoms with Crippen LogP contribution in [0.3, 0.4) is 0 Å². The zero-order valence-corrected chi connectivity index (χ0v) is 17.5. The summed E-state index contributed by atoms with van der Waals surface area (Å²) in [6.45, 7) is 0.0236. The number of carbonyl (C=O) groups is 2. The lowest BCUT2D eigenvalue weighted by Crippen LogP contribution is -2.29. The maximum absolute atomic E-state index is 13.0. The van der Waals surface area contributed by atoms with Gasteiger partial charge in [-0.2, -0.15) is 0 Å². The van der Waals surface area contributed by atoms with E-state index >= 15 is 0 Å². The molecule has 1 fully saturated rings. The fraction of sp³-hybridized carbons (Fsp3) is 0.0833. The molecule has 1 heterocycles. The maximum Gasteiger partial charge on any atom is 0.295 e. The molecule has 0 radical (unpaired) electrons. The van der Waals surface area contributed by atoms with Crippen molar-refractivity contribution in [1.82, 2.24) is 4.90 Å². The molecule has 10 nitrogen and oxygen atoms in total. The Morgan fingerprint density at radius 3 is 2.12 bits per heavy atom. The lowest BCUT2D eigenvalue weighted by atomic mass is 9.94. The van der Waals surface area contributed by atoms with E-state index in [0.717, 1.165) is 17.7 Å². The molecule has 0 bridgehead atoms. The highest BCUT2D eigenvalue weighted by atomic mass is 16.6. The molecule has 0 spiro atoms. The lowest BCUT2D eigenvalue weighted by Gasteiger charge is -2.25. The van der Waals surface area contributed by atoms with Crippen LogP contribution in [0.5, 0.6) is 0 Å². The number of aliphatic hydroxyl groups excluding tert-OH is 1. The van der Waals surface area contributed by atoms with Gasteiger partial charge in [-0.1, -0.05) is 42.5 Å². The summed E-state index contributed by atoms with van der Waals surface area (Å²) in [5.41, 5.74) is 0.381. The Labute approximate surface area is 192 Å². The van der Waals surface area contributed by atoms with Crippen molar-refractivity contribution in [3.05, 3.63) is 121 Å². The maximum atomic E-state index is 13.0. The van der Waals surface area contributed by atoms with Gasteiger partial charge in [0.25, 0.3) is 23.1 Å². The van der Waals surface area contributed by atoms with Crippen LogP contribution in [0.15, 0.2) is 84.4 Å². The number of ketones is 1. The molecule has 1 unspecified atom stereocenters. The van der Waals surface area contributed by atoms with Crippen LogP contribution in [0.4, 0.5) is 11.4 Å². The topological polar surface area (TPSA) is 144 Å². The monoisotopic (exact) mass is 459 g/mol. The number of rotatable bonds is 6. The minimum atomic E-state index is -1.10. The molecule has 1 aliphatic rings. The summed E-state index contributed by atoms with van der Waals surface area (Å²) < 4.78 is 0. The van der Waals surface area contributed by atoms with Gasteiger partial charge in [-0.3, -0.25) is 29.8 Å². The fourth-order valence-corrected chi connectivity index (χ4v) is 3.87. The van der Waals surface area contributed by atoms with Crippen molar-refractivity contribution >= 4 is 28.8 Å². The predicted molar refractivity (Wildman–Crippen MR) is 120 cm³/mol. The first-order valence-corrected chi connectivity index (χ1v) is 10.1. The molecule has 34 heavy (non-hydrogen) atoms. The number of benzene rings is 3. The highest BCUT2D eigenvalue weighted by Gasteiger charge is 2.46. The summed E-state index contributed by atoms with van der Waals surface area (Å²) in [6.07, 6.45) is 0. The number of likely N-dealkylation sites (tertiary alicyclic amines) is 1. The third-order valence-corrected chi connectivity index (χ3v) is 5.48. The van der Waals surface area contributed by atoms with Crippen LogP contribution in [0.2, 0.25) is 0 Å². The molecule has 1 atom stereocenters. The van der Waals surface area contributed by atoms with Crippen LogP contribution in [0, 0.1) is 20.2 Å². The summed E-state index contributed by atoms with van der Waals surface area (Å²) in [6, 6.07) is 18.1. The van der Waals surface area contributed by atoms with E-state index in [2.05, 4.69) is 0 Å². The average molecular weight is 459 g/mol. The van der Waals surface area contributed by atoms with E-state index in [9.17, 15) is 34.9 Å². The molecule has 0 aromatic heterocycles. The Morgan fingerprint density at radius 2 is 1.50 bits per heavy atom. The van der Waals surface area contributed by atoms with E-state index in [1.54, 1.807) is 30.3 Å². The Morgan fingerprint density at radius 1 is 0.853 bits per heavy atom. The predicted octanol–water partition coefficient (Wildman–Crippen LogP) is 4.12. The molecule has 3 aromatic carbocycles. The molecule has 10 heteroatoms. The second-order valence-electron chi connectivity index (χ2n) is 7.57. The highest BCUT2D eigenvalue weighted by Crippen LogP contribution is 2.41. The van der Waals surface area contributed by atoms with Crippen LogP contribution >= 0.6 is 0 Å². The van der Waals surface area contributed by atoms with E-state index < -0.39 is 33.3 Å². The molecule has 3 aromatic rings. The molecule has 0 saturated carbocycles. The van der Waals surface area contributed by atoms with Crippen molar-refractivity contribution in [3.63, 3.8) is 0 Å². The molecule has 1 saturated heterocycles. The van der Waals surface area contributed by atoms with Crippen LogP contribution in [-0.2, 0) is 16.1 Å². The summed E-state index contributed by atoms with van der Waals surface area (Å²) in [4.78, 5) is 48.4. The van der Waals surface area contributed by atoms with Crippen LogP contribution in [-0.4, -0.2) is 31.5 Å². The molecule has 1 N–H and O–H groups in total. The number of carbonyl (C=O) groups excluding carboxylic acids is 2. The number of non-ortho nitro benzene ring substituents is 2. The van der Waals surface area contributed by atoms with Gasteiger partial charge in [0.2, 0.25) is 0 Å². The van der Waals surface area contributed by atoms with Gasteiger partial charge in [-0.05, 0) is 23.3 Å². The Bertz CT molecular complexity index is 1330. The van der Waals surface area contributed by atoms with E-state index in [1.165, 1.54) is 41.3 Å². The minimum absolute atomic E-state index is 0.0236. The molecular formula is C24H17N3O7. The first-order chi connectivity index (χ1) is 16.3. The van der Waals surface area contributed by atoms with Gasteiger partial charge < -0.3 is 10.0 Å². The van der Waals surface area contributed by atoms with Gasteiger partial charge in [0.05, 0.1) is 21.5 Å². The second-order valence-corrected chi connectivity index (χ2v) is 7.57. The van der Waals surface area contributed by atoms with Crippen molar-refractivity contribution in [1.29, 1.82) is 0 Å². The van der Waals surface area contributed by atoms with Crippen molar-refractivity contribution in [2.75, 3.05) is 0 Å². The molecule has 0 aliphatic carbocycles. The molecule has 1 aliphatic heterocycles. The van der Waals surface area contributed by atoms with E-state index in [4.69, 9.17) is 0 Å². The first-order valence-electron chi connectivity index (χ1n) is 10.1. The number of nitrogens with zero attached hydrogens (tertiary/aromatic N) is 3. The minimum Gasteiger partial charge on any atom is -0.507 e. The number of hydrogen-bond acceptors (Lipinski definition) is 7. The molecular weight excluding hydrogens is 442 g/mol. The number of amides is 1. The zero-order valence-electron chi connectivity index (χ0n) is 17.5. The summed E-state index contributed by atoms with van der Waals surface area (Å²) in [7, 11) is 0. The first kappa shape index (κ1) is 22.3. The van der Waals surface area contributed by atoms with Crippen molar-refractivity contribution < 1.29 is 24.5 Å². The summed E-state index contributed by atoms with van der Waals surface area (Å²) in [5, 5.41) is 33.3. The van der Waals surface area contributed by atoms with Crippen LogP contribution in [0.1, 0.15) is 22.7 Å². The van der Waals surface area contributed by atoms with Crippen molar-refractivity contribution in [2.24, 2.45) is 0 Å². The van der Waals surface area contributed by atoms with Gasteiger partial charge in [0.1, 0.15) is 5.76 Å². The third kappa shape index (κ3) is 4.11. The van der Waals surface area contributed by atoms with Gasteiger partial charge in [-0.25, -0.2) is 0 Å². The number of hydrogen-bond donors (Lipinski definition) is 1. The van der Waals surface area contributed by atoms with Gasteiger partial charge >= 0.3 is 0 Å². The molecule has 1 amide bonds. The fourth-order valence-electron chi connectivity index (χ4n) is 3.87. The normalized spacial score (nSPS) is 17.1. The van der Waals surface area contributed by atoms with Gasteiger partial charge in [-0.15, -0.1) is 0 Å². The highest BCUT2D eigenvalue weighted by molar-refractivity contribution is 6.46. The zero-order chi connectivity index (χ0) is 24.4. The SMILES string of the molecule is O=C1C(=O)N(Cc2ccccc2)C(c2cccc([N+](=O)[O-])c2)/C1=C(\O)c1ccc([N+](=O)[O-])cc1. The Balaban J connectivity index is 1.87. The standard InChI is InChI=1S/C24H17N3O7/c28-22(16-9-11-18(12-10-16)26(31)32)20-21(17-7-4-8-19(13-17)27(33)34)25(24(30)23(20)29)14-15-5-2-1-3-6-15/h1-13,21,28H,14H2/b22-20+. The lowest BCUT2D eigenvalue weighted by molar-refractivity contribution is -0.385. The van der Waals surface area contributed by atoms with E-state index in [-0.39, 0.29) is 34.6 Å². The number of nitro benzene ring substituents is 2. The van der Waals surface area contributed by atoms with Gasteiger partial charge in [0.15, 0.2) is 0 Å². The third-order valence-electron chi connectivity index (χ3n) is 5.48. The quantitative estimate of drug-likeness (QED) is 0.192. The van der Waals surface area contributed by atoms with Crippen molar-refractivity contribution in [3.8, 4) is 0 Å². The molecule has 170 valence electrons. The Kier molecular flexibility index (Phi) is 5.88. The van der Waals surface area contributed by atoms with E-state index in [1.807, 2.05) is 0 Å². The summed E-state index contributed by atoms with van der Waals surface area (Å²) >= 11 is 0. The second kappa shape index (κ2) is 8.94.